The molecule has 2 N–H and O–H groups in total. The summed E-state index contributed by atoms with van der Waals surface area (Å²) in [5.41, 5.74) is 5.28. The number of hydrogen-bond acceptors (Lipinski definition) is 3. The Hall–Kier alpha value is -1.97. The van der Waals surface area contributed by atoms with E-state index < -0.39 is 0 Å². The Labute approximate surface area is 120 Å². The Morgan fingerprint density at radius 3 is 2.55 bits per heavy atom. The van der Waals surface area contributed by atoms with E-state index in [9.17, 15) is 5.11 Å². The van der Waals surface area contributed by atoms with Gasteiger partial charge >= 0.3 is 0 Å². The van der Waals surface area contributed by atoms with E-state index in [-0.39, 0.29) is 6.04 Å². The van der Waals surface area contributed by atoms with Crippen LogP contribution in [0.3, 0.4) is 0 Å². The number of rotatable bonds is 4. The predicted molar refractivity (Wildman–Crippen MR) is 82.3 cm³/mol. The number of aryl methyl sites for hydroxylation is 3. The van der Waals surface area contributed by atoms with Crippen LogP contribution in [-0.2, 0) is 6.54 Å². The van der Waals surface area contributed by atoms with Gasteiger partial charge in [-0.1, -0.05) is 6.07 Å². The largest absolute Gasteiger partial charge is 0.508 e. The molecule has 1 aromatic heterocycles. The van der Waals surface area contributed by atoms with E-state index in [1.807, 2.05) is 30.7 Å². The molecule has 4 nitrogen and oxygen atoms in total. The lowest BCUT2D eigenvalue weighted by atomic mass is 10.1. The number of phenols is 1. The van der Waals surface area contributed by atoms with Gasteiger partial charge in [-0.05, 0) is 46.2 Å². The van der Waals surface area contributed by atoms with Crippen molar-refractivity contribution in [2.24, 2.45) is 0 Å². The first-order valence-electron chi connectivity index (χ1n) is 7.04. The molecule has 0 saturated heterocycles. The molecule has 0 saturated carbocycles. The van der Waals surface area contributed by atoms with E-state index in [4.69, 9.17) is 0 Å². The maximum atomic E-state index is 9.78. The maximum absolute atomic E-state index is 9.78. The average Bonchev–Trinajstić information content (AvgIpc) is 2.68. The highest BCUT2D eigenvalue weighted by atomic mass is 16.3. The highest BCUT2D eigenvalue weighted by molar-refractivity contribution is 5.52. The minimum atomic E-state index is 0.150. The number of benzene rings is 1. The fourth-order valence-electron chi connectivity index (χ4n) is 2.67. The summed E-state index contributed by atoms with van der Waals surface area (Å²) < 4.78 is 2.02. The number of aromatic nitrogens is 2. The topological polar surface area (TPSA) is 50.1 Å². The lowest BCUT2D eigenvalue weighted by molar-refractivity contribution is 0.471. The molecular formula is C16H23N3O. The Morgan fingerprint density at radius 2 is 2.00 bits per heavy atom. The van der Waals surface area contributed by atoms with Gasteiger partial charge in [0.2, 0.25) is 0 Å². The molecule has 0 amide bonds. The normalized spacial score (nSPS) is 12.4. The van der Waals surface area contributed by atoms with Crippen LogP contribution < -0.4 is 5.32 Å². The zero-order chi connectivity index (χ0) is 14.9. The standard InChI is InChI=1S/C16H23N3O/c1-6-19-13(5)16(12(4)18-19)11(3)17-14-8-7-10(2)15(20)9-14/h7-9,11,17,20H,6H2,1-5H3. The first kappa shape index (κ1) is 14.4. The summed E-state index contributed by atoms with van der Waals surface area (Å²) in [5.74, 6) is 0.319. The molecule has 1 atom stereocenters. The molecule has 1 unspecified atom stereocenters. The maximum Gasteiger partial charge on any atom is 0.120 e. The van der Waals surface area contributed by atoms with Gasteiger partial charge in [-0.15, -0.1) is 0 Å². The molecule has 0 radical (unpaired) electrons. The molecule has 2 aromatic rings. The summed E-state index contributed by atoms with van der Waals surface area (Å²) in [6.45, 7) is 11.1. The van der Waals surface area contributed by atoms with E-state index in [0.29, 0.717) is 5.75 Å². The van der Waals surface area contributed by atoms with Gasteiger partial charge in [-0.3, -0.25) is 4.68 Å². The first-order valence-corrected chi connectivity index (χ1v) is 7.04. The predicted octanol–water partition coefficient (Wildman–Crippen LogP) is 3.71. The van der Waals surface area contributed by atoms with Gasteiger partial charge in [0, 0.05) is 29.6 Å². The van der Waals surface area contributed by atoms with E-state index in [1.165, 1.54) is 11.3 Å². The molecule has 0 aliphatic rings. The molecule has 0 aliphatic carbocycles. The third-order valence-electron chi connectivity index (χ3n) is 3.76. The van der Waals surface area contributed by atoms with Crippen LogP contribution in [0.4, 0.5) is 5.69 Å². The van der Waals surface area contributed by atoms with Crippen LogP contribution in [-0.4, -0.2) is 14.9 Å². The number of hydrogen-bond donors (Lipinski definition) is 2. The Balaban J connectivity index is 2.25. The SMILES string of the molecule is CCn1nc(C)c(C(C)Nc2ccc(C)c(O)c2)c1C. The summed E-state index contributed by atoms with van der Waals surface area (Å²) in [7, 11) is 0. The lowest BCUT2D eigenvalue weighted by Crippen LogP contribution is -2.09. The van der Waals surface area contributed by atoms with E-state index >= 15 is 0 Å². The fourth-order valence-corrected chi connectivity index (χ4v) is 2.67. The quantitative estimate of drug-likeness (QED) is 0.893. The van der Waals surface area contributed by atoms with Crippen LogP contribution in [0.25, 0.3) is 0 Å². The van der Waals surface area contributed by atoms with E-state index in [0.717, 1.165) is 23.5 Å². The van der Waals surface area contributed by atoms with Crippen molar-refractivity contribution >= 4 is 5.69 Å². The molecular weight excluding hydrogens is 250 g/mol. The summed E-state index contributed by atoms with van der Waals surface area (Å²) >= 11 is 0. The van der Waals surface area contributed by atoms with Crippen molar-refractivity contribution in [2.75, 3.05) is 5.32 Å². The van der Waals surface area contributed by atoms with Crippen molar-refractivity contribution in [3.8, 4) is 5.75 Å². The number of nitrogens with one attached hydrogen (secondary N) is 1. The molecule has 0 aliphatic heterocycles. The van der Waals surface area contributed by atoms with Crippen LogP contribution in [0.2, 0.25) is 0 Å². The van der Waals surface area contributed by atoms with E-state index in [2.05, 4.69) is 31.2 Å². The van der Waals surface area contributed by atoms with E-state index in [1.54, 1.807) is 6.07 Å². The highest BCUT2D eigenvalue weighted by Gasteiger charge is 2.17. The molecule has 0 spiro atoms. The number of nitrogens with zero attached hydrogens (tertiary/aromatic N) is 2. The lowest BCUT2D eigenvalue weighted by Gasteiger charge is -2.17. The Kier molecular flexibility index (Phi) is 4.02. The van der Waals surface area contributed by atoms with Gasteiger partial charge in [0.15, 0.2) is 0 Å². The molecule has 1 aromatic carbocycles. The number of phenolic OH excluding ortho intramolecular Hbond substituents is 1. The van der Waals surface area contributed by atoms with Crippen molar-refractivity contribution in [2.45, 2.75) is 47.2 Å². The minimum absolute atomic E-state index is 0.150. The third kappa shape index (κ3) is 2.64. The second-order valence-electron chi connectivity index (χ2n) is 5.27. The molecule has 108 valence electrons. The Bertz CT molecular complexity index is 616. The molecule has 0 fully saturated rings. The summed E-state index contributed by atoms with van der Waals surface area (Å²) in [6.07, 6.45) is 0. The summed E-state index contributed by atoms with van der Waals surface area (Å²) in [4.78, 5) is 0. The second-order valence-corrected chi connectivity index (χ2v) is 5.27. The van der Waals surface area contributed by atoms with Crippen LogP contribution in [0.5, 0.6) is 5.75 Å². The molecule has 0 bridgehead atoms. The zero-order valence-electron chi connectivity index (χ0n) is 12.9. The van der Waals surface area contributed by atoms with Gasteiger partial charge < -0.3 is 10.4 Å². The van der Waals surface area contributed by atoms with Crippen LogP contribution in [0, 0.1) is 20.8 Å². The van der Waals surface area contributed by atoms with Crippen molar-refractivity contribution in [1.29, 1.82) is 0 Å². The van der Waals surface area contributed by atoms with Gasteiger partial charge in [-0.2, -0.15) is 5.10 Å². The average molecular weight is 273 g/mol. The van der Waals surface area contributed by atoms with Crippen molar-refractivity contribution < 1.29 is 5.11 Å². The zero-order valence-corrected chi connectivity index (χ0v) is 12.9. The van der Waals surface area contributed by atoms with Crippen molar-refractivity contribution in [3.63, 3.8) is 0 Å². The second kappa shape index (κ2) is 5.57. The van der Waals surface area contributed by atoms with Gasteiger partial charge in [-0.25, -0.2) is 0 Å². The first-order chi connectivity index (χ1) is 9.43. The van der Waals surface area contributed by atoms with Crippen LogP contribution in [0.1, 0.15) is 42.4 Å². The van der Waals surface area contributed by atoms with Crippen molar-refractivity contribution in [1.82, 2.24) is 9.78 Å². The Morgan fingerprint density at radius 1 is 1.30 bits per heavy atom. The molecule has 2 rings (SSSR count). The molecule has 4 heteroatoms. The smallest absolute Gasteiger partial charge is 0.120 e. The highest BCUT2D eigenvalue weighted by Crippen LogP contribution is 2.27. The molecule has 1 heterocycles. The monoisotopic (exact) mass is 273 g/mol. The third-order valence-corrected chi connectivity index (χ3v) is 3.76. The number of aromatic hydroxyl groups is 1. The summed E-state index contributed by atoms with van der Waals surface area (Å²) in [5, 5.41) is 17.8. The molecule has 20 heavy (non-hydrogen) atoms. The van der Waals surface area contributed by atoms with Gasteiger partial charge in [0.25, 0.3) is 0 Å². The summed E-state index contributed by atoms with van der Waals surface area (Å²) in [6, 6.07) is 5.82. The van der Waals surface area contributed by atoms with Crippen LogP contribution in [0.15, 0.2) is 18.2 Å². The van der Waals surface area contributed by atoms with Gasteiger partial charge in [0.05, 0.1) is 11.7 Å². The number of anilines is 1. The van der Waals surface area contributed by atoms with Gasteiger partial charge in [0.1, 0.15) is 5.75 Å². The van der Waals surface area contributed by atoms with Crippen LogP contribution >= 0.6 is 0 Å². The minimum Gasteiger partial charge on any atom is -0.508 e. The van der Waals surface area contributed by atoms with Crippen molar-refractivity contribution in [3.05, 3.63) is 40.7 Å². The fraction of sp³-hybridized carbons (Fsp3) is 0.438.